The van der Waals surface area contributed by atoms with Gasteiger partial charge in [0.2, 0.25) is 0 Å². The van der Waals surface area contributed by atoms with Gasteiger partial charge in [-0.05, 0) is 60.1 Å². The van der Waals surface area contributed by atoms with E-state index in [1.165, 1.54) is 0 Å². The summed E-state index contributed by atoms with van der Waals surface area (Å²) in [5, 5.41) is 0.902. The highest BCUT2D eigenvalue weighted by molar-refractivity contribution is 6.06. The Hall–Kier alpha value is -2.95. The zero-order valence-corrected chi connectivity index (χ0v) is 22.6. The summed E-state index contributed by atoms with van der Waals surface area (Å²) in [5.41, 5.74) is 8.08. The van der Waals surface area contributed by atoms with E-state index in [2.05, 4.69) is 9.55 Å². The Morgan fingerprint density at radius 3 is 2.73 bits per heavy atom. The van der Waals surface area contributed by atoms with E-state index in [1.807, 2.05) is 59.7 Å². The van der Waals surface area contributed by atoms with Gasteiger partial charge in [-0.15, -0.1) is 0 Å². The molecule has 2 N–H and O–H groups in total. The van der Waals surface area contributed by atoms with Gasteiger partial charge < -0.3 is 34.0 Å². The van der Waals surface area contributed by atoms with Crippen molar-refractivity contribution < 1.29 is 28.5 Å². The summed E-state index contributed by atoms with van der Waals surface area (Å²) >= 11 is 0. The lowest BCUT2D eigenvalue weighted by atomic mass is 10.1. The number of ether oxygens (including phenoxy) is 5. The van der Waals surface area contributed by atoms with Crippen LogP contribution in [0.25, 0.3) is 21.9 Å². The topological polar surface area (TPSA) is 120 Å². The second-order valence-corrected chi connectivity index (χ2v) is 10.6. The van der Waals surface area contributed by atoms with Crippen LogP contribution in [0.15, 0.2) is 18.2 Å². The minimum absolute atomic E-state index is 0.134. The van der Waals surface area contributed by atoms with Gasteiger partial charge in [0.15, 0.2) is 11.6 Å². The summed E-state index contributed by atoms with van der Waals surface area (Å²) in [5.74, 6) is 0.888. The molecule has 1 atom stereocenters. The lowest BCUT2D eigenvalue weighted by Crippen LogP contribution is -2.25. The number of hydrogen-bond donors (Lipinski definition) is 1. The third-order valence-corrected chi connectivity index (χ3v) is 5.86. The minimum Gasteiger partial charge on any atom is -0.494 e. The van der Waals surface area contributed by atoms with Crippen molar-refractivity contribution in [2.75, 3.05) is 25.6 Å². The van der Waals surface area contributed by atoms with Crippen molar-refractivity contribution in [3.63, 3.8) is 0 Å². The molecule has 3 aromatic rings. The first kappa shape index (κ1) is 27.1. The predicted molar refractivity (Wildman–Crippen MR) is 140 cm³/mol. The molecule has 4 rings (SSSR count). The van der Waals surface area contributed by atoms with Gasteiger partial charge >= 0.3 is 5.97 Å². The van der Waals surface area contributed by atoms with E-state index in [9.17, 15) is 4.79 Å². The highest BCUT2D eigenvalue weighted by Crippen LogP contribution is 2.33. The molecule has 37 heavy (non-hydrogen) atoms. The second-order valence-electron chi connectivity index (χ2n) is 10.6. The van der Waals surface area contributed by atoms with Gasteiger partial charge in [-0.25, -0.2) is 9.97 Å². The molecule has 3 heterocycles. The molecular formula is C27H38N4O6. The number of imidazole rings is 1. The maximum Gasteiger partial charge on any atom is 0.306 e. The van der Waals surface area contributed by atoms with E-state index in [0.717, 1.165) is 16.7 Å². The molecule has 2 aromatic heterocycles. The number of benzene rings is 1. The number of hydrogen-bond acceptors (Lipinski definition) is 9. The zero-order chi connectivity index (χ0) is 26.8. The average Bonchev–Trinajstić information content (AvgIpc) is 3.34. The summed E-state index contributed by atoms with van der Waals surface area (Å²) in [6.45, 7) is 13.7. The Kier molecular flexibility index (Phi) is 7.91. The number of pyridine rings is 1. The highest BCUT2D eigenvalue weighted by atomic mass is 16.7. The summed E-state index contributed by atoms with van der Waals surface area (Å²) < 4.78 is 30.9. The van der Waals surface area contributed by atoms with E-state index < -0.39 is 11.4 Å². The predicted octanol–water partition coefficient (Wildman–Crippen LogP) is 4.36. The smallest absolute Gasteiger partial charge is 0.306 e. The van der Waals surface area contributed by atoms with Crippen LogP contribution in [0, 0.1) is 0 Å². The monoisotopic (exact) mass is 514 g/mol. The maximum absolute atomic E-state index is 11.9. The Bertz CT molecular complexity index is 1260. The van der Waals surface area contributed by atoms with Crippen molar-refractivity contribution >= 4 is 33.7 Å². The number of carbonyl (C=O) groups excluding carboxylic acids is 1. The SMILES string of the molecule is CCOCc1nc2c(N)nc3cc(OCCCC(=O)OC(C)(C)C)ccc3c2n1CC1COC(C)(C)O1. The van der Waals surface area contributed by atoms with Gasteiger partial charge in [0.1, 0.15) is 35.4 Å². The van der Waals surface area contributed by atoms with Gasteiger partial charge in [0.05, 0.1) is 30.8 Å². The first-order valence-corrected chi connectivity index (χ1v) is 12.8. The van der Waals surface area contributed by atoms with E-state index in [-0.39, 0.29) is 12.1 Å². The Balaban J connectivity index is 1.58. The molecule has 1 fully saturated rings. The Morgan fingerprint density at radius 2 is 2.05 bits per heavy atom. The third-order valence-electron chi connectivity index (χ3n) is 5.86. The number of nitrogen functional groups attached to an aromatic ring is 1. The molecule has 1 aromatic carbocycles. The van der Waals surface area contributed by atoms with Crippen LogP contribution in [-0.2, 0) is 36.9 Å². The second kappa shape index (κ2) is 10.8. The molecule has 10 nitrogen and oxygen atoms in total. The van der Waals surface area contributed by atoms with Crippen LogP contribution in [0.3, 0.4) is 0 Å². The molecule has 202 valence electrons. The average molecular weight is 515 g/mol. The maximum atomic E-state index is 11.9. The summed E-state index contributed by atoms with van der Waals surface area (Å²) in [4.78, 5) is 21.3. The van der Waals surface area contributed by atoms with Crippen molar-refractivity contribution in [1.29, 1.82) is 0 Å². The minimum atomic E-state index is -0.625. The van der Waals surface area contributed by atoms with E-state index >= 15 is 0 Å². The van der Waals surface area contributed by atoms with Gasteiger partial charge in [0, 0.05) is 24.5 Å². The van der Waals surface area contributed by atoms with E-state index in [1.54, 1.807) is 0 Å². The van der Waals surface area contributed by atoms with Gasteiger partial charge in [-0.3, -0.25) is 4.79 Å². The molecular weight excluding hydrogens is 476 g/mol. The Labute approximate surface area is 217 Å². The standard InChI is InChI=1S/C27H38N4O6/c1-7-33-16-21-30-23-24(31(21)14-18-15-35-27(5,6)36-18)19-11-10-17(13-20(19)29-25(23)28)34-12-8-9-22(32)37-26(2,3)4/h10-11,13,18H,7-9,12,14-16H2,1-6H3,(H2,28,29). The van der Waals surface area contributed by atoms with Crippen LogP contribution in [0.5, 0.6) is 5.75 Å². The number of fused-ring (bicyclic) bond motifs is 3. The van der Waals surface area contributed by atoms with Crippen LogP contribution in [0.4, 0.5) is 5.82 Å². The van der Waals surface area contributed by atoms with Crippen LogP contribution in [-0.4, -0.2) is 57.8 Å². The Morgan fingerprint density at radius 1 is 1.27 bits per heavy atom. The van der Waals surface area contributed by atoms with Gasteiger partial charge in [-0.1, -0.05) is 0 Å². The van der Waals surface area contributed by atoms with E-state index in [4.69, 9.17) is 34.4 Å². The van der Waals surface area contributed by atoms with Crippen LogP contribution < -0.4 is 10.5 Å². The molecule has 0 aliphatic carbocycles. The zero-order valence-electron chi connectivity index (χ0n) is 22.6. The molecule has 1 saturated heterocycles. The molecule has 1 aliphatic heterocycles. The first-order valence-electron chi connectivity index (χ1n) is 12.8. The van der Waals surface area contributed by atoms with Crippen LogP contribution >= 0.6 is 0 Å². The van der Waals surface area contributed by atoms with Gasteiger partial charge in [0.25, 0.3) is 0 Å². The molecule has 0 radical (unpaired) electrons. The fraction of sp³-hybridized carbons (Fsp3) is 0.593. The van der Waals surface area contributed by atoms with Crippen molar-refractivity contribution in [2.24, 2.45) is 0 Å². The van der Waals surface area contributed by atoms with Crippen molar-refractivity contribution in [1.82, 2.24) is 14.5 Å². The molecule has 0 saturated carbocycles. The summed E-state index contributed by atoms with van der Waals surface area (Å²) in [6.07, 6.45) is 0.710. The molecule has 0 spiro atoms. The highest BCUT2D eigenvalue weighted by Gasteiger charge is 2.34. The number of esters is 1. The lowest BCUT2D eigenvalue weighted by molar-refractivity contribution is -0.155. The normalized spacial score (nSPS) is 17.5. The van der Waals surface area contributed by atoms with Crippen LogP contribution in [0.1, 0.15) is 60.2 Å². The molecule has 1 unspecified atom stereocenters. The van der Waals surface area contributed by atoms with Crippen molar-refractivity contribution in [3.05, 3.63) is 24.0 Å². The quantitative estimate of drug-likeness (QED) is 0.311. The largest absolute Gasteiger partial charge is 0.494 e. The number of aromatic nitrogens is 3. The summed E-state index contributed by atoms with van der Waals surface area (Å²) in [6, 6.07) is 5.72. The van der Waals surface area contributed by atoms with Crippen LogP contribution in [0.2, 0.25) is 0 Å². The first-order chi connectivity index (χ1) is 17.5. The third kappa shape index (κ3) is 6.68. The number of carbonyl (C=O) groups is 1. The number of anilines is 1. The van der Waals surface area contributed by atoms with E-state index in [0.29, 0.717) is 68.4 Å². The molecule has 0 bridgehead atoms. The fourth-order valence-electron chi connectivity index (χ4n) is 4.38. The fourth-order valence-corrected chi connectivity index (χ4v) is 4.38. The number of nitrogens with two attached hydrogens (primary N) is 1. The van der Waals surface area contributed by atoms with Gasteiger partial charge in [-0.2, -0.15) is 0 Å². The van der Waals surface area contributed by atoms with Crippen molar-refractivity contribution in [2.45, 2.75) is 85.0 Å². The summed E-state index contributed by atoms with van der Waals surface area (Å²) in [7, 11) is 0. The lowest BCUT2D eigenvalue weighted by Gasteiger charge is -2.19. The van der Waals surface area contributed by atoms with Crippen molar-refractivity contribution in [3.8, 4) is 5.75 Å². The molecule has 1 aliphatic rings. The number of nitrogens with zero attached hydrogens (tertiary/aromatic N) is 3. The molecule has 10 heteroatoms. The number of rotatable bonds is 10. The molecule has 0 amide bonds.